The van der Waals surface area contributed by atoms with Gasteiger partial charge in [-0.05, 0) is 0 Å². The zero-order valence-corrected chi connectivity index (χ0v) is 8.27. The van der Waals surface area contributed by atoms with E-state index in [4.69, 9.17) is 14.3 Å². The molecule has 1 N–H and O–H groups in total. The molecule has 0 fully saturated rings. The Morgan fingerprint density at radius 1 is 1.47 bits per heavy atom. The summed E-state index contributed by atoms with van der Waals surface area (Å²) in [5.74, 6) is -1.81. The smallest absolute Gasteiger partial charge is 0.375 e. The van der Waals surface area contributed by atoms with Crippen LogP contribution in [0.4, 0.5) is 0 Å². The van der Waals surface area contributed by atoms with Gasteiger partial charge in [0.1, 0.15) is 12.2 Å². The zero-order valence-electron chi connectivity index (χ0n) is 8.27. The van der Waals surface area contributed by atoms with E-state index in [1.54, 1.807) is 0 Å². The Morgan fingerprint density at radius 3 is 2.53 bits per heavy atom. The second-order valence-corrected chi connectivity index (χ2v) is 2.67. The molecule has 1 rings (SSSR count). The lowest BCUT2D eigenvalue weighted by atomic mass is 10.3. The molecule has 1 aromatic heterocycles. The van der Waals surface area contributed by atoms with E-state index in [1.165, 1.54) is 20.3 Å². The van der Waals surface area contributed by atoms with Gasteiger partial charge >= 0.3 is 11.9 Å². The van der Waals surface area contributed by atoms with Crippen molar-refractivity contribution in [1.82, 2.24) is 0 Å². The number of hydrogen-bond donors (Lipinski definition) is 1. The lowest BCUT2D eigenvalue weighted by Gasteiger charge is -1.94. The van der Waals surface area contributed by atoms with Crippen LogP contribution in [-0.2, 0) is 16.0 Å². The molecule has 82 valence electrons. The molecule has 0 unspecified atom stereocenters. The van der Waals surface area contributed by atoms with Crippen LogP contribution in [0.2, 0.25) is 0 Å². The van der Waals surface area contributed by atoms with Gasteiger partial charge in [-0.2, -0.15) is 0 Å². The van der Waals surface area contributed by atoms with Crippen molar-refractivity contribution in [2.45, 2.75) is 6.42 Å². The topological polar surface area (TPSA) is 86.0 Å². The molecule has 1 aromatic rings. The number of ether oxygens (including phenoxy) is 2. The maximum absolute atomic E-state index is 10.9. The van der Waals surface area contributed by atoms with Crippen LogP contribution in [0, 0.1) is 0 Å². The third-order valence-corrected chi connectivity index (χ3v) is 1.71. The Kier molecular flexibility index (Phi) is 3.33. The molecular formula is C9H10O6. The lowest BCUT2D eigenvalue weighted by Crippen LogP contribution is -2.03. The fourth-order valence-electron chi connectivity index (χ4n) is 1.02. The average Bonchev–Trinajstić information content (AvgIpc) is 2.60. The zero-order chi connectivity index (χ0) is 11.4. The Labute approximate surface area is 85.4 Å². The van der Waals surface area contributed by atoms with Gasteiger partial charge in [-0.1, -0.05) is 0 Å². The van der Waals surface area contributed by atoms with Crippen LogP contribution in [0.25, 0.3) is 0 Å². The van der Waals surface area contributed by atoms with Crippen LogP contribution in [0.1, 0.15) is 16.3 Å². The van der Waals surface area contributed by atoms with Gasteiger partial charge in [0.05, 0.1) is 14.2 Å². The van der Waals surface area contributed by atoms with Crippen molar-refractivity contribution in [2.24, 2.45) is 0 Å². The molecule has 0 saturated heterocycles. The van der Waals surface area contributed by atoms with Gasteiger partial charge in [-0.3, -0.25) is 4.79 Å². The molecule has 6 nitrogen and oxygen atoms in total. The minimum Gasteiger partial charge on any atom is -0.492 e. The minimum atomic E-state index is -1.25. The lowest BCUT2D eigenvalue weighted by molar-refractivity contribution is -0.140. The Bertz CT molecular complexity index is 378. The number of hydrogen-bond acceptors (Lipinski definition) is 5. The Hall–Kier alpha value is -1.98. The third kappa shape index (κ3) is 2.49. The number of carbonyl (C=O) groups is 2. The summed E-state index contributed by atoms with van der Waals surface area (Å²) in [5.41, 5.74) is 0. The van der Waals surface area contributed by atoms with E-state index in [9.17, 15) is 9.59 Å². The van der Waals surface area contributed by atoms with E-state index in [0.717, 1.165) is 0 Å². The molecule has 0 aliphatic rings. The van der Waals surface area contributed by atoms with Crippen LogP contribution in [0.15, 0.2) is 10.5 Å². The molecule has 0 atom stereocenters. The summed E-state index contributed by atoms with van der Waals surface area (Å²) in [7, 11) is 2.56. The van der Waals surface area contributed by atoms with E-state index in [2.05, 4.69) is 4.74 Å². The molecule has 15 heavy (non-hydrogen) atoms. The minimum absolute atomic E-state index is 0.0846. The standard InChI is InChI=1S/C9H10O6/c1-13-6-3-5(4-7(10)14-2)15-8(6)9(11)12/h3H,4H2,1-2H3,(H,11,12). The number of furan rings is 1. The summed E-state index contributed by atoms with van der Waals surface area (Å²) < 4.78 is 14.1. The first-order valence-corrected chi connectivity index (χ1v) is 4.05. The quantitative estimate of drug-likeness (QED) is 0.742. The summed E-state index contributed by atoms with van der Waals surface area (Å²) in [5, 5.41) is 8.71. The van der Waals surface area contributed by atoms with Crippen LogP contribution in [0.5, 0.6) is 5.75 Å². The van der Waals surface area contributed by atoms with E-state index in [1.807, 2.05) is 0 Å². The summed E-state index contributed by atoms with van der Waals surface area (Å²) in [6.45, 7) is 0. The normalized spacial score (nSPS) is 9.73. The number of carbonyl (C=O) groups excluding carboxylic acids is 1. The SMILES string of the molecule is COC(=O)Cc1cc(OC)c(C(=O)O)o1. The van der Waals surface area contributed by atoms with Crippen molar-refractivity contribution in [3.05, 3.63) is 17.6 Å². The van der Waals surface area contributed by atoms with Crippen molar-refractivity contribution in [3.63, 3.8) is 0 Å². The van der Waals surface area contributed by atoms with Gasteiger partial charge in [0.15, 0.2) is 5.75 Å². The highest BCUT2D eigenvalue weighted by molar-refractivity contribution is 5.88. The van der Waals surface area contributed by atoms with Crippen LogP contribution < -0.4 is 4.74 Å². The average molecular weight is 214 g/mol. The summed E-state index contributed by atoms with van der Waals surface area (Å²) in [6.07, 6.45) is -0.125. The van der Waals surface area contributed by atoms with Crippen molar-refractivity contribution >= 4 is 11.9 Å². The van der Waals surface area contributed by atoms with Gasteiger partial charge in [-0.15, -0.1) is 0 Å². The van der Waals surface area contributed by atoms with Gasteiger partial charge in [0.25, 0.3) is 5.76 Å². The molecule has 0 amide bonds. The number of aromatic carboxylic acids is 1. The highest BCUT2D eigenvalue weighted by Gasteiger charge is 2.19. The Morgan fingerprint density at radius 2 is 2.13 bits per heavy atom. The largest absolute Gasteiger partial charge is 0.492 e. The molecule has 0 radical (unpaired) electrons. The molecule has 0 aromatic carbocycles. The van der Waals surface area contributed by atoms with Crippen molar-refractivity contribution < 1.29 is 28.6 Å². The van der Waals surface area contributed by atoms with Gasteiger partial charge in [0, 0.05) is 6.07 Å². The second kappa shape index (κ2) is 4.50. The highest BCUT2D eigenvalue weighted by atomic mass is 16.5. The fraction of sp³-hybridized carbons (Fsp3) is 0.333. The first-order valence-electron chi connectivity index (χ1n) is 4.05. The number of esters is 1. The van der Waals surface area contributed by atoms with Gasteiger partial charge < -0.3 is 19.0 Å². The van der Waals surface area contributed by atoms with Crippen molar-refractivity contribution in [1.29, 1.82) is 0 Å². The monoisotopic (exact) mass is 214 g/mol. The molecule has 0 aliphatic carbocycles. The molecule has 1 heterocycles. The summed E-state index contributed by atoms with van der Waals surface area (Å²) in [4.78, 5) is 21.5. The molecular weight excluding hydrogens is 204 g/mol. The number of rotatable bonds is 4. The fourth-order valence-corrected chi connectivity index (χ4v) is 1.02. The van der Waals surface area contributed by atoms with Gasteiger partial charge in [-0.25, -0.2) is 4.79 Å². The van der Waals surface area contributed by atoms with Crippen LogP contribution in [-0.4, -0.2) is 31.3 Å². The number of methoxy groups -OCH3 is 2. The summed E-state index contributed by atoms with van der Waals surface area (Å²) >= 11 is 0. The second-order valence-electron chi connectivity index (χ2n) is 2.67. The molecule has 0 saturated carbocycles. The first-order chi connectivity index (χ1) is 7.08. The maximum Gasteiger partial charge on any atom is 0.375 e. The first kappa shape index (κ1) is 11.1. The predicted octanol–water partition coefficient (Wildman–Crippen LogP) is 0.702. The number of carboxylic acid groups (broad SMARTS) is 1. The molecule has 0 spiro atoms. The van der Waals surface area contributed by atoms with Crippen LogP contribution in [0.3, 0.4) is 0 Å². The third-order valence-electron chi connectivity index (χ3n) is 1.71. The van der Waals surface area contributed by atoms with Gasteiger partial charge in [0.2, 0.25) is 0 Å². The van der Waals surface area contributed by atoms with E-state index in [-0.39, 0.29) is 23.7 Å². The Balaban J connectivity index is 2.92. The predicted molar refractivity (Wildman–Crippen MR) is 47.9 cm³/mol. The van der Waals surface area contributed by atoms with E-state index in [0.29, 0.717) is 0 Å². The molecule has 0 bridgehead atoms. The maximum atomic E-state index is 10.9. The highest BCUT2D eigenvalue weighted by Crippen LogP contribution is 2.23. The van der Waals surface area contributed by atoms with Crippen molar-refractivity contribution in [2.75, 3.05) is 14.2 Å². The van der Waals surface area contributed by atoms with Crippen molar-refractivity contribution in [3.8, 4) is 5.75 Å². The number of carboxylic acids is 1. The summed E-state index contributed by atoms with van der Waals surface area (Å²) in [6, 6.07) is 1.35. The van der Waals surface area contributed by atoms with E-state index < -0.39 is 11.9 Å². The van der Waals surface area contributed by atoms with E-state index >= 15 is 0 Å². The molecule has 0 aliphatic heterocycles. The van der Waals surface area contributed by atoms with Crippen LogP contribution >= 0.6 is 0 Å². The molecule has 6 heteroatoms.